The molecule has 1 aromatic heterocycles. The lowest BCUT2D eigenvalue weighted by molar-refractivity contribution is -0.122. The number of carbonyl (C=O) groups is 1. The molecule has 1 aromatic carbocycles. The Kier molecular flexibility index (Phi) is 5.11. The highest BCUT2D eigenvalue weighted by Gasteiger charge is 2.24. The Balaban J connectivity index is 1.71. The van der Waals surface area contributed by atoms with Crippen LogP contribution in [0.1, 0.15) is 61.9 Å². The third-order valence-electron chi connectivity index (χ3n) is 4.66. The van der Waals surface area contributed by atoms with Gasteiger partial charge in [-0.05, 0) is 62.6 Å². The van der Waals surface area contributed by atoms with Gasteiger partial charge in [0.25, 0.3) is 5.91 Å². The number of hydrogen-bond acceptors (Lipinski definition) is 4. The first kappa shape index (κ1) is 17.5. The highest BCUT2D eigenvalue weighted by atomic mass is 16.5. The van der Waals surface area contributed by atoms with E-state index in [1.165, 1.54) is 0 Å². The molecule has 3 rings (SSSR count). The fourth-order valence-electron chi connectivity index (χ4n) is 3.17. The van der Waals surface area contributed by atoms with Crippen LogP contribution in [-0.2, 0) is 17.6 Å². The van der Waals surface area contributed by atoms with E-state index in [-0.39, 0.29) is 5.91 Å². The van der Waals surface area contributed by atoms with Gasteiger partial charge in [-0.3, -0.25) is 10.1 Å². The van der Waals surface area contributed by atoms with E-state index >= 15 is 0 Å². The number of hydrogen-bond donors (Lipinski definition) is 1. The number of ether oxygens (including phenoxy) is 1. The zero-order valence-electron chi connectivity index (χ0n) is 15.4. The lowest BCUT2D eigenvalue weighted by Gasteiger charge is -2.19. The molecule has 0 saturated heterocycles. The first-order valence-electron chi connectivity index (χ1n) is 9.01. The van der Waals surface area contributed by atoms with E-state index < -0.39 is 6.10 Å². The van der Waals surface area contributed by atoms with Gasteiger partial charge in [0.2, 0.25) is 5.88 Å². The molecule has 0 fully saturated rings. The van der Waals surface area contributed by atoms with Gasteiger partial charge in [0.15, 0.2) is 6.10 Å². The molecule has 1 aliphatic rings. The Labute approximate surface area is 148 Å². The number of amides is 1. The molecule has 134 valence electrons. The molecule has 25 heavy (non-hydrogen) atoms. The van der Waals surface area contributed by atoms with E-state index in [1.807, 2.05) is 13.0 Å². The number of rotatable bonds is 5. The van der Waals surface area contributed by atoms with Crippen LogP contribution in [0.4, 0.5) is 5.88 Å². The summed E-state index contributed by atoms with van der Waals surface area (Å²) in [5.41, 5.74) is 4.21. The van der Waals surface area contributed by atoms with Crippen molar-refractivity contribution >= 4 is 11.8 Å². The molecule has 0 aliphatic heterocycles. The van der Waals surface area contributed by atoms with E-state index in [9.17, 15) is 4.79 Å². The van der Waals surface area contributed by atoms with Crippen molar-refractivity contribution in [2.75, 3.05) is 5.32 Å². The van der Waals surface area contributed by atoms with E-state index in [1.54, 1.807) is 6.92 Å². The third-order valence-corrected chi connectivity index (χ3v) is 4.66. The smallest absolute Gasteiger partial charge is 0.267 e. The topological polar surface area (TPSA) is 64.4 Å². The molecule has 1 amide bonds. The van der Waals surface area contributed by atoms with Crippen LogP contribution in [0, 0.1) is 6.92 Å². The highest BCUT2D eigenvalue weighted by Crippen LogP contribution is 2.30. The van der Waals surface area contributed by atoms with Crippen molar-refractivity contribution in [3.8, 4) is 5.75 Å². The molecule has 1 atom stereocenters. The second-order valence-electron chi connectivity index (χ2n) is 7.09. The minimum Gasteiger partial charge on any atom is -0.481 e. The molecule has 5 heteroatoms. The summed E-state index contributed by atoms with van der Waals surface area (Å²) in [5, 5.41) is 6.91. The molecule has 2 aromatic rings. The molecular weight excluding hydrogens is 316 g/mol. The van der Waals surface area contributed by atoms with Gasteiger partial charge < -0.3 is 9.26 Å². The van der Waals surface area contributed by atoms with Gasteiger partial charge >= 0.3 is 0 Å². The van der Waals surface area contributed by atoms with Crippen LogP contribution < -0.4 is 10.1 Å². The molecule has 1 unspecified atom stereocenters. The maximum Gasteiger partial charge on any atom is 0.267 e. The van der Waals surface area contributed by atoms with Gasteiger partial charge in [-0.25, -0.2) is 0 Å². The van der Waals surface area contributed by atoms with Crippen molar-refractivity contribution in [1.29, 1.82) is 0 Å². The molecule has 1 aliphatic carbocycles. The van der Waals surface area contributed by atoms with Crippen LogP contribution in [0.5, 0.6) is 5.75 Å². The minimum atomic E-state index is -0.622. The lowest BCUT2D eigenvalue weighted by Crippen LogP contribution is -2.30. The summed E-state index contributed by atoms with van der Waals surface area (Å²) in [4.78, 5) is 12.5. The van der Waals surface area contributed by atoms with Gasteiger partial charge in [-0.1, -0.05) is 31.1 Å². The van der Waals surface area contributed by atoms with Gasteiger partial charge in [-0.15, -0.1) is 0 Å². The molecule has 5 nitrogen and oxygen atoms in total. The summed E-state index contributed by atoms with van der Waals surface area (Å²) < 4.78 is 11.3. The van der Waals surface area contributed by atoms with E-state index in [0.29, 0.717) is 11.8 Å². The zero-order chi connectivity index (χ0) is 18.0. The van der Waals surface area contributed by atoms with Crippen molar-refractivity contribution in [2.24, 2.45) is 0 Å². The Morgan fingerprint density at radius 3 is 2.76 bits per heavy atom. The van der Waals surface area contributed by atoms with Crippen LogP contribution in [0.25, 0.3) is 0 Å². The first-order valence-corrected chi connectivity index (χ1v) is 9.01. The van der Waals surface area contributed by atoms with Gasteiger partial charge in [0.1, 0.15) is 5.75 Å². The number of nitrogens with one attached hydrogen (secondary N) is 1. The Morgan fingerprint density at radius 1 is 1.24 bits per heavy atom. The van der Waals surface area contributed by atoms with Crippen LogP contribution in [0.15, 0.2) is 22.7 Å². The van der Waals surface area contributed by atoms with Crippen LogP contribution in [0.3, 0.4) is 0 Å². The summed E-state index contributed by atoms with van der Waals surface area (Å²) >= 11 is 0. The molecular formula is C20H26N2O3. The average Bonchev–Trinajstić information content (AvgIpc) is 2.97. The second-order valence-corrected chi connectivity index (χ2v) is 7.09. The zero-order valence-corrected chi connectivity index (χ0v) is 15.4. The highest BCUT2D eigenvalue weighted by molar-refractivity contribution is 5.93. The van der Waals surface area contributed by atoms with Crippen molar-refractivity contribution in [2.45, 2.75) is 65.4 Å². The monoisotopic (exact) mass is 342 g/mol. The third kappa shape index (κ3) is 3.86. The molecule has 0 radical (unpaired) electrons. The summed E-state index contributed by atoms with van der Waals surface area (Å²) in [6, 6.07) is 6.11. The van der Waals surface area contributed by atoms with Crippen molar-refractivity contribution < 1.29 is 14.1 Å². The normalized spacial score (nSPS) is 14.9. The SMILES string of the molecule is Cc1ccc(C(C)C)c(OC(C)C(=O)Nc2onc3c2CCCC3)c1. The number of fused-ring (bicyclic) bond motifs is 1. The fraction of sp³-hybridized carbons (Fsp3) is 0.500. The molecule has 1 N–H and O–H groups in total. The maximum atomic E-state index is 12.5. The Morgan fingerprint density at radius 2 is 2.00 bits per heavy atom. The number of aryl methyl sites for hydroxylation is 2. The van der Waals surface area contributed by atoms with Crippen LogP contribution in [-0.4, -0.2) is 17.2 Å². The molecule has 1 heterocycles. The van der Waals surface area contributed by atoms with Crippen molar-refractivity contribution in [1.82, 2.24) is 5.16 Å². The van der Waals surface area contributed by atoms with Gasteiger partial charge in [0.05, 0.1) is 5.69 Å². The summed E-state index contributed by atoms with van der Waals surface area (Å²) in [7, 11) is 0. The second kappa shape index (κ2) is 7.30. The molecule has 0 saturated carbocycles. The number of aromatic nitrogens is 1. The summed E-state index contributed by atoms with van der Waals surface area (Å²) in [5.74, 6) is 1.34. The first-order chi connectivity index (χ1) is 12.0. The number of nitrogens with zero attached hydrogens (tertiary/aromatic N) is 1. The largest absolute Gasteiger partial charge is 0.481 e. The van der Waals surface area contributed by atoms with Crippen LogP contribution in [0.2, 0.25) is 0 Å². The van der Waals surface area contributed by atoms with Crippen molar-refractivity contribution in [3.63, 3.8) is 0 Å². The van der Waals surface area contributed by atoms with E-state index in [4.69, 9.17) is 9.26 Å². The summed E-state index contributed by atoms with van der Waals surface area (Å²) in [6.07, 6.45) is 3.42. The quantitative estimate of drug-likeness (QED) is 0.875. The lowest BCUT2D eigenvalue weighted by atomic mass is 9.98. The minimum absolute atomic E-state index is 0.222. The fourth-order valence-corrected chi connectivity index (χ4v) is 3.17. The standard InChI is InChI=1S/C20H26N2O3/c1-12(2)15-10-9-13(3)11-18(15)24-14(4)19(23)21-20-16-7-5-6-8-17(16)22-25-20/h9-12,14H,5-8H2,1-4H3,(H,21,23). The number of anilines is 1. The predicted molar refractivity (Wildman–Crippen MR) is 97.1 cm³/mol. The number of carbonyl (C=O) groups excluding carboxylic acids is 1. The van der Waals surface area contributed by atoms with E-state index in [0.717, 1.165) is 53.8 Å². The van der Waals surface area contributed by atoms with E-state index in [2.05, 4.69) is 36.5 Å². The molecule has 0 bridgehead atoms. The van der Waals surface area contributed by atoms with Gasteiger partial charge in [0, 0.05) is 5.56 Å². The Hall–Kier alpha value is -2.30. The predicted octanol–water partition coefficient (Wildman–Crippen LogP) is 4.39. The maximum absolute atomic E-state index is 12.5. The average molecular weight is 342 g/mol. The Bertz CT molecular complexity index is 764. The van der Waals surface area contributed by atoms with Gasteiger partial charge in [-0.2, -0.15) is 0 Å². The summed E-state index contributed by atoms with van der Waals surface area (Å²) in [6.45, 7) is 8.00. The number of benzene rings is 1. The van der Waals surface area contributed by atoms with Crippen LogP contribution >= 0.6 is 0 Å². The van der Waals surface area contributed by atoms with Crippen molar-refractivity contribution in [3.05, 3.63) is 40.6 Å². The molecule has 0 spiro atoms.